The molecule has 0 heterocycles. The standard InChI is InChI=1S/C15H21BrO3/c1-15(2,3)10-13(17)11-5-6-14(12(16)9-11)19-8-7-18-4/h5-6,9H,7-8,10H2,1-4H3. The summed E-state index contributed by atoms with van der Waals surface area (Å²) < 4.78 is 11.3. The average Bonchev–Trinajstić information content (AvgIpc) is 2.29. The van der Waals surface area contributed by atoms with Crippen LogP contribution in [0.25, 0.3) is 0 Å². The summed E-state index contributed by atoms with van der Waals surface area (Å²) in [6.45, 7) is 7.20. The molecular weight excluding hydrogens is 308 g/mol. The number of ether oxygens (including phenoxy) is 2. The smallest absolute Gasteiger partial charge is 0.163 e. The van der Waals surface area contributed by atoms with Crippen LogP contribution in [0, 0.1) is 5.41 Å². The van der Waals surface area contributed by atoms with Crippen LogP contribution in [0.4, 0.5) is 0 Å². The van der Waals surface area contributed by atoms with Crippen molar-refractivity contribution >= 4 is 21.7 Å². The maximum Gasteiger partial charge on any atom is 0.163 e. The molecule has 3 nitrogen and oxygen atoms in total. The summed E-state index contributed by atoms with van der Waals surface area (Å²) in [5.41, 5.74) is 0.706. The third-order valence-electron chi connectivity index (χ3n) is 2.49. The van der Waals surface area contributed by atoms with E-state index >= 15 is 0 Å². The molecule has 0 radical (unpaired) electrons. The molecule has 1 aromatic rings. The van der Waals surface area contributed by atoms with Crippen molar-refractivity contribution in [2.75, 3.05) is 20.3 Å². The van der Waals surface area contributed by atoms with E-state index in [2.05, 4.69) is 36.7 Å². The normalized spacial score (nSPS) is 11.4. The van der Waals surface area contributed by atoms with Crippen LogP contribution >= 0.6 is 15.9 Å². The van der Waals surface area contributed by atoms with Crippen LogP contribution in [0.3, 0.4) is 0 Å². The highest BCUT2D eigenvalue weighted by molar-refractivity contribution is 9.10. The van der Waals surface area contributed by atoms with E-state index < -0.39 is 0 Å². The monoisotopic (exact) mass is 328 g/mol. The van der Waals surface area contributed by atoms with E-state index in [0.717, 1.165) is 10.2 Å². The number of carbonyl (C=O) groups is 1. The Balaban J connectivity index is 2.73. The molecule has 1 aromatic carbocycles. The van der Waals surface area contributed by atoms with E-state index in [4.69, 9.17) is 9.47 Å². The fourth-order valence-corrected chi connectivity index (χ4v) is 2.10. The summed E-state index contributed by atoms with van der Waals surface area (Å²) in [7, 11) is 1.63. The van der Waals surface area contributed by atoms with Gasteiger partial charge in [-0.2, -0.15) is 0 Å². The number of hydrogen-bond acceptors (Lipinski definition) is 3. The lowest BCUT2D eigenvalue weighted by molar-refractivity contribution is 0.0939. The molecule has 0 aliphatic carbocycles. The lowest BCUT2D eigenvalue weighted by Crippen LogP contribution is -2.13. The van der Waals surface area contributed by atoms with Gasteiger partial charge in [0.25, 0.3) is 0 Å². The lowest BCUT2D eigenvalue weighted by atomic mass is 9.88. The average molecular weight is 329 g/mol. The molecule has 0 aliphatic rings. The Bertz CT molecular complexity index is 436. The van der Waals surface area contributed by atoms with Crippen LogP contribution in [0.15, 0.2) is 22.7 Å². The predicted octanol–water partition coefficient (Wildman–Crippen LogP) is 4.09. The maximum absolute atomic E-state index is 12.1. The van der Waals surface area contributed by atoms with Gasteiger partial charge in [0.2, 0.25) is 0 Å². The van der Waals surface area contributed by atoms with Gasteiger partial charge in [-0.3, -0.25) is 4.79 Å². The van der Waals surface area contributed by atoms with Crippen LogP contribution in [0.1, 0.15) is 37.6 Å². The Morgan fingerprint density at radius 1 is 1.26 bits per heavy atom. The highest BCUT2D eigenvalue weighted by Crippen LogP contribution is 2.28. The quantitative estimate of drug-likeness (QED) is 0.582. The zero-order chi connectivity index (χ0) is 14.5. The molecule has 0 N–H and O–H groups in total. The number of carbonyl (C=O) groups excluding carboxylic acids is 1. The number of ketones is 1. The molecule has 0 amide bonds. The molecule has 0 atom stereocenters. The fourth-order valence-electron chi connectivity index (χ4n) is 1.61. The molecule has 4 heteroatoms. The van der Waals surface area contributed by atoms with E-state index in [9.17, 15) is 4.79 Å². The molecule has 0 aromatic heterocycles. The summed E-state index contributed by atoms with van der Waals surface area (Å²) in [6, 6.07) is 5.44. The number of hydrogen-bond donors (Lipinski definition) is 0. The molecule has 0 unspecified atom stereocenters. The van der Waals surface area contributed by atoms with Gasteiger partial charge in [-0.1, -0.05) is 20.8 Å². The third kappa shape index (κ3) is 5.74. The van der Waals surface area contributed by atoms with Gasteiger partial charge in [-0.15, -0.1) is 0 Å². The van der Waals surface area contributed by atoms with E-state index in [1.165, 1.54) is 0 Å². The second-order valence-electron chi connectivity index (χ2n) is 5.65. The first-order valence-corrected chi connectivity index (χ1v) is 7.07. The minimum atomic E-state index is -0.00278. The third-order valence-corrected chi connectivity index (χ3v) is 3.11. The first kappa shape index (κ1) is 16.2. The summed E-state index contributed by atoms with van der Waals surface area (Å²) >= 11 is 3.43. The number of Topliss-reactive ketones (excluding diaryl/α,β-unsaturated/α-hetero) is 1. The molecule has 0 bridgehead atoms. The topological polar surface area (TPSA) is 35.5 Å². The van der Waals surface area contributed by atoms with Crippen molar-refractivity contribution in [2.45, 2.75) is 27.2 Å². The molecule has 0 spiro atoms. The summed E-state index contributed by atoms with van der Waals surface area (Å²) in [5.74, 6) is 0.876. The molecule has 0 saturated carbocycles. The van der Waals surface area contributed by atoms with Crippen LogP contribution in [-0.4, -0.2) is 26.1 Å². The van der Waals surface area contributed by atoms with Gasteiger partial charge < -0.3 is 9.47 Å². The van der Waals surface area contributed by atoms with E-state index in [-0.39, 0.29) is 11.2 Å². The van der Waals surface area contributed by atoms with Crippen molar-refractivity contribution in [1.29, 1.82) is 0 Å². The van der Waals surface area contributed by atoms with Gasteiger partial charge in [0.1, 0.15) is 12.4 Å². The molecule has 0 aliphatic heterocycles. The number of rotatable bonds is 6. The Kier molecular flexibility index (Phi) is 6.01. The maximum atomic E-state index is 12.1. The zero-order valence-electron chi connectivity index (χ0n) is 12.0. The minimum Gasteiger partial charge on any atom is -0.490 e. The van der Waals surface area contributed by atoms with Gasteiger partial charge in [0.05, 0.1) is 11.1 Å². The summed E-state index contributed by atoms with van der Waals surface area (Å²) in [4.78, 5) is 12.1. The van der Waals surface area contributed by atoms with E-state index in [1.54, 1.807) is 13.2 Å². The first-order valence-electron chi connectivity index (χ1n) is 6.28. The molecule has 106 valence electrons. The van der Waals surface area contributed by atoms with Gasteiger partial charge >= 0.3 is 0 Å². The Hall–Kier alpha value is -0.870. The molecular formula is C15H21BrO3. The van der Waals surface area contributed by atoms with Crippen molar-refractivity contribution in [3.8, 4) is 5.75 Å². The second kappa shape index (κ2) is 7.06. The van der Waals surface area contributed by atoms with Crippen molar-refractivity contribution in [1.82, 2.24) is 0 Å². The summed E-state index contributed by atoms with van der Waals surface area (Å²) in [5, 5.41) is 0. The molecule has 0 saturated heterocycles. The van der Waals surface area contributed by atoms with Crippen LogP contribution in [-0.2, 0) is 4.74 Å². The van der Waals surface area contributed by atoms with Crippen molar-refractivity contribution in [3.63, 3.8) is 0 Å². The fraction of sp³-hybridized carbons (Fsp3) is 0.533. The Morgan fingerprint density at radius 3 is 2.47 bits per heavy atom. The Morgan fingerprint density at radius 2 is 1.95 bits per heavy atom. The van der Waals surface area contributed by atoms with E-state index in [0.29, 0.717) is 25.2 Å². The first-order chi connectivity index (χ1) is 8.83. The minimum absolute atomic E-state index is 0.00278. The van der Waals surface area contributed by atoms with E-state index in [1.807, 2.05) is 12.1 Å². The molecule has 1 rings (SSSR count). The van der Waals surface area contributed by atoms with Crippen LogP contribution in [0.2, 0.25) is 0 Å². The van der Waals surface area contributed by atoms with Gasteiger partial charge in [0.15, 0.2) is 5.78 Å². The number of methoxy groups -OCH3 is 1. The molecule has 19 heavy (non-hydrogen) atoms. The number of halogens is 1. The van der Waals surface area contributed by atoms with Crippen LogP contribution in [0.5, 0.6) is 5.75 Å². The van der Waals surface area contributed by atoms with Gasteiger partial charge in [-0.05, 0) is 39.5 Å². The molecule has 0 fully saturated rings. The Labute approximate surface area is 123 Å². The van der Waals surface area contributed by atoms with Crippen molar-refractivity contribution < 1.29 is 14.3 Å². The summed E-state index contributed by atoms with van der Waals surface area (Å²) in [6.07, 6.45) is 0.531. The van der Waals surface area contributed by atoms with Gasteiger partial charge in [-0.25, -0.2) is 0 Å². The van der Waals surface area contributed by atoms with Crippen LogP contribution < -0.4 is 4.74 Å². The predicted molar refractivity (Wildman–Crippen MR) is 79.9 cm³/mol. The highest BCUT2D eigenvalue weighted by Gasteiger charge is 2.18. The van der Waals surface area contributed by atoms with Crippen molar-refractivity contribution in [2.24, 2.45) is 5.41 Å². The van der Waals surface area contributed by atoms with Gasteiger partial charge in [0, 0.05) is 19.1 Å². The SMILES string of the molecule is COCCOc1ccc(C(=O)CC(C)(C)C)cc1Br. The number of benzene rings is 1. The second-order valence-corrected chi connectivity index (χ2v) is 6.50. The lowest BCUT2D eigenvalue weighted by Gasteiger charge is -2.17. The zero-order valence-corrected chi connectivity index (χ0v) is 13.5. The van der Waals surface area contributed by atoms with Crippen molar-refractivity contribution in [3.05, 3.63) is 28.2 Å². The highest BCUT2D eigenvalue weighted by atomic mass is 79.9. The largest absolute Gasteiger partial charge is 0.490 e.